The first-order chi connectivity index (χ1) is 11.9. The van der Waals surface area contributed by atoms with Crippen molar-refractivity contribution in [2.24, 2.45) is 0 Å². The van der Waals surface area contributed by atoms with E-state index >= 15 is 0 Å². The molecular weight excluding hydrogens is 335 g/mol. The third-order valence-electron chi connectivity index (χ3n) is 3.40. The van der Waals surface area contributed by atoms with Crippen LogP contribution in [-0.4, -0.2) is 46.0 Å². The number of aromatic hydroxyl groups is 1. The molecule has 0 aliphatic rings. The minimum absolute atomic E-state index is 0.0460. The molecule has 0 spiro atoms. The normalized spacial score (nSPS) is 11.8. The molecule has 0 saturated carbocycles. The summed E-state index contributed by atoms with van der Waals surface area (Å²) in [6.45, 7) is -1.17. The number of carbonyl (C=O) groups excluding carboxylic acids is 2. The smallest absolute Gasteiger partial charge is 0.277 e. The van der Waals surface area contributed by atoms with Crippen LogP contribution in [0.2, 0.25) is 0 Å². The van der Waals surface area contributed by atoms with E-state index in [1.165, 1.54) is 19.2 Å². The van der Waals surface area contributed by atoms with Crippen LogP contribution in [0.3, 0.4) is 0 Å². The van der Waals surface area contributed by atoms with Gasteiger partial charge in [-0.1, -0.05) is 18.2 Å². The van der Waals surface area contributed by atoms with E-state index in [2.05, 4.69) is 0 Å². The van der Waals surface area contributed by atoms with Gasteiger partial charge in [-0.15, -0.1) is 0 Å². The number of hydrogen-bond donors (Lipinski definition) is 2. The first-order valence-electron chi connectivity index (χ1n) is 7.08. The average Bonchev–Trinajstić information content (AvgIpc) is 2.62. The molecule has 1 atom stereocenters. The van der Waals surface area contributed by atoms with E-state index in [-0.39, 0.29) is 16.8 Å². The van der Waals surface area contributed by atoms with Gasteiger partial charge in [-0.25, -0.2) is 9.45 Å². The van der Waals surface area contributed by atoms with Crippen LogP contribution < -0.4 is 5.43 Å². The number of hydroxylamine groups is 2. The van der Waals surface area contributed by atoms with Crippen LogP contribution in [0.4, 0.5) is 4.39 Å². The predicted molar refractivity (Wildman–Crippen MR) is 83.3 cm³/mol. The summed E-state index contributed by atoms with van der Waals surface area (Å²) in [6, 6.07) is 6.75. The highest BCUT2D eigenvalue weighted by molar-refractivity contribution is 6.00. The highest BCUT2D eigenvalue weighted by Gasteiger charge is 2.24. The predicted octanol–water partition coefficient (Wildman–Crippen LogP) is 1.32. The Hall–Kier alpha value is -3.20. The molecule has 132 valence electrons. The van der Waals surface area contributed by atoms with Crippen LogP contribution in [-0.2, 0) is 4.84 Å². The van der Waals surface area contributed by atoms with Gasteiger partial charge in [-0.3, -0.25) is 19.2 Å². The highest BCUT2D eigenvalue weighted by Crippen LogP contribution is 2.20. The summed E-state index contributed by atoms with van der Waals surface area (Å²) >= 11 is 0. The Kier molecular flexibility index (Phi) is 5.50. The first kappa shape index (κ1) is 18.1. The molecule has 2 aromatic rings. The van der Waals surface area contributed by atoms with Crippen molar-refractivity contribution in [2.75, 3.05) is 13.7 Å². The summed E-state index contributed by atoms with van der Waals surface area (Å²) in [4.78, 5) is 40.0. The first-order valence-corrected chi connectivity index (χ1v) is 7.08. The van der Waals surface area contributed by atoms with Crippen LogP contribution in [0.1, 0.15) is 32.5 Å². The second kappa shape index (κ2) is 7.58. The summed E-state index contributed by atoms with van der Waals surface area (Å²) < 4.78 is 13.7. The van der Waals surface area contributed by atoms with Gasteiger partial charge in [0, 0.05) is 18.7 Å². The van der Waals surface area contributed by atoms with Crippen molar-refractivity contribution in [3.8, 4) is 5.75 Å². The van der Waals surface area contributed by atoms with Gasteiger partial charge in [0.1, 0.15) is 6.67 Å². The molecule has 8 nitrogen and oxygen atoms in total. The summed E-state index contributed by atoms with van der Waals surface area (Å²) in [6.07, 6.45) is -0.303. The van der Waals surface area contributed by atoms with E-state index in [1.54, 1.807) is 12.1 Å². The molecule has 2 N–H and O–H groups in total. The number of carbonyl (C=O) groups is 2. The lowest BCUT2D eigenvalue weighted by molar-refractivity contribution is -0.160. The van der Waals surface area contributed by atoms with E-state index in [9.17, 15) is 29.1 Å². The number of halogens is 1. The van der Waals surface area contributed by atoms with Crippen molar-refractivity contribution >= 4 is 12.2 Å². The van der Waals surface area contributed by atoms with Gasteiger partial charge in [0.05, 0.1) is 17.5 Å². The van der Waals surface area contributed by atoms with Crippen molar-refractivity contribution in [2.45, 2.75) is 6.10 Å². The van der Waals surface area contributed by atoms with Gasteiger partial charge in [0.15, 0.2) is 18.1 Å². The largest absolute Gasteiger partial charge is 0.503 e. The van der Waals surface area contributed by atoms with Crippen molar-refractivity contribution < 1.29 is 29.1 Å². The number of amides is 1. The minimum Gasteiger partial charge on any atom is -0.503 e. The summed E-state index contributed by atoms with van der Waals surface area (Å²) in [5.74, 6) is -1.44. The molecule has 1 aromatic carbocycles. The Morgan fingerprint density at radius 1 is 1.44 bits per heavy atom. The Bertz CT molecular complexity index is 851. The van der Waals surface area contributed by atoms with Crippen molar-refractivity contribution in [1.82, 2.24) is 9.79 Å². The maximum absolute atomic E-state index is 13.3. The van der Waals surface area contributed by atoms with Crippen LogP contribution >= 0.6 is 0 Å². The lowest BCUT2D eigenvalue weighted by atomic mass is 10.1. The van der Waals surface area contributed by atoms with Gasteiger partial charge in [0.25, 0.3) is 5.91 Å². The van der Waals surface area contributed by atoms with Crippen molar-refractivity contribution in [1.29, 1.82) is 0 Å². The third kappa shape index (κ3) is 3.83. The molecule has 0 saturated heterocycles. The van der Waals surface area contributed by atoms with Crippen LogP contribution in [0, 0.1) is 0 Å². The van der Waals surface area contributed by atoms with E-state index in [4.69, 9.17) is 4.84 Å². The number of nitrogens with zero attached hydrogens (tertiary/aromatic N) is 2. The fourth-order valence-electron chi connectivity index (χ4n) is 2.13. The molecule has 1 unspecified atom stereocenters. The molecule has 0 aliphatic heterocycles. The molecule has 1 aromatic heterocycles. The molecule has 25 heavy (non-hydrogen) atoms. The topological polar surface area (TPSA) is 109 Å². The fraction of sp³-hybridized carbons (Fsp3) is 0.188. The SMILES string of the molecule is CN(OC(CF)c1cc(=O)c(O)cn1O)C(=O)c1ccccc1C=O. The van der Waals surface area contributed by atoms with Gasteiger partial charge in [-0.05, 0) is 6.07 Å². The summed E-state index contributed by atoms with van der Waals surface area (Å²) in [5.41, 5.74) is -0.968. The number of aromatic nitrogens is 1. The summed E-state index contributed by atoms with van der Waals surface area (Å²) in [5, 5.41) is 19.6. The van der Waals surface area contributed by atoms with E-state index < -0.39 is 29.9 Å². The second-order valence-corrected chi connectivity index (χ2v) is 5.05. The molecule has 1 heterocycles. The van der Waals surface area contributed by atoms with Gasteiger partial charge in [-0.2, -0.15) is 4.73 Å². The Morgan fingerprint density at radius 2 is 2.12 bits per heavy atom. The second-order valence-electron chi connectivity index (χ2n) is 5.05. The molecule has 0 aliphatic carbocycles. The van der Waals surface area contributed by atoms with Gasteiger partial charge >= 0.3 is 0 Å². The van der Waals surface area contributed by atoms with Gasteiger partial charge in [0.2, 0.25) is 5.43 Å². The van der Waals surface area contributed by atoms with E-state index in [0.717, 1.165) is 6.07 Å². The molecule has 2 rings (SSSR count). The Labute approximate surface area is 141 Å². The number of alkyl halides is 1. The van der Waals surface area contributed by atoms with E-state index in [1.807, 2.05) is 0 Å². The molecular formula is C16H15FN2O6. The van der Waals surface area contributed by atoms with Crippen molar-refractivity contribution in [3.63, 3.8) is 0 Å². The lowest BCUT2D eigenvalue weighted by Gasteiger charge is -2.23. The van der Waals surface area contributed by atoms with Crippen LogP contribution in [0.15, 0.2) is 41.3 Å². The quantitative estimate of drug-likeness (QED) is 0.462. The lowest BCUT2D eigenvalue weighted by Crippen LogP contribution is -2.31. The average molecular weight is 350 g/mol. The van der Waals surface area contributed by atoms with Crippen LogP contribution in [0.5, 0.6) is 5.75 Å². The maximum Gasteiger partial charge on any atom is 0.277 e. The maximum atomic E-state index is 13.3. The zero-order valence-corrected chi connectivity index (χ0v) is 13.1. The fourth-order valence-corrected chi connectivity index (χ4v) is 2.13. The Morgan fingerprint density at radius 3 is 2.76 bits per heavy atom. The molecule has 1 amide bonds. The standard InChI is InChI=1S/C16H15FN2O6/c1-18(16(23)11-5-3-2-4-10(11)9-20)25-15(7-17)12-6-13(21)14(22)8-19(12)24/h2-6,8-9,15,22,24H,7H2,1H3. The molecule has 0 bridgehead atoms. The van der Waals surface area contributed by atoms with Gasteiger partial charge < -0.3 is 10.3 Å². The van der Waals surface area contributed by atoms with Crippen molar-refractivity contribution in [3.05, 3.63) is 63.6 Å². The number of pyridine rings is 1. The molecule has 9 heteroatoms. The highest BCUT2D eigenvalue weighted by atomic mass is 19.1. The molecule has 0 radical (unpaired) electrons. The molecule has 0 fully saturated rings. The summed E-state index contributed by atoms with van der Waals surface area (Å²) in [7, 11) is 1.20. The number of aldehydes is 1. The third-order valence-corrected chi connectivity index (χ3v) is 3.40. The number of rotatable bonds is 6. The zero-order chi connectivity index (χ0) is 18.6. The monoisotopic (exact) mass is 350 g/mol. The number of hydrogen-bond acceptors (Lipinski definition) is 6. The number of benzene rings is 1. The minimum atomic E-state index is -1.49. The van der Waals surface area contributed by atoms with E-state index in [0.29, 0.717) is 22.3 Å². The van der Waals surface area contributed by atoms with Crippen LogP contribution in [0.25, 0.3) is 0 Å². The zero-order valence-electron chi connectivity index (χ0n) is 13.1. The Balaban J connectivity index is 2.27.